The Bertz CT molecular complexity index is 657. The van der Waals surface area contributed by atoms with E-state index in [0.29, 0.717) is 0 Å². The topological polar surface area (TPSA) is 64.8 Å². The number of rotatable bonds is 3. The Labute approximate surface area is 108 Å². The van der Waals surface area contributed by atoms with E-state index in [4.69, 9.17) is 11.6 Å². The highest BCUT2D eigenvalue weighted by molar-refractivity contribution is 7.91. The second-order valence-corrected chi connectivity index (χ2v) is 5.88. The lowest BCUT2D eigenvalue weighted by Gasteiger charge is -2.07. The molecular formula is C10H9ClFN3O2S. The van der Waals surface area contributed by atoms with Gasteiger partial charge in [0.1, 0.15) is 4.90 Å². The summed E-state index contributed by atoms with van der Waals surface area (Å²) in [6.45, 7) is 0. The summed E-state index contributed by atoms with van der Waals surface area (Å²) in [6.07, 6.45) is 2.48. The molecule has 2 aromatic heterocycles. The first-order valence-corrected chi connectivity index (χ1v) is 6.83. The Kier molecular flexibility index (Phi) is 3.36. The van der Waals surface area contributed by atoms with Crippen LogP contribution in [0.1, 0.15) is 11.2 Å². The number of aromatic nitrogens is 3. The standard InChI is InChI=1S/C10H9ClFN3O2S/c1-15-6-8(9(11)14-15)18(16,17)10(12)7-4-2-3-5-13-7/h2-6,10H,1H3. The molecule has 0 saturated carbocycles. The van der Waals surface area contributed by atoms with Crippen LogP contribution in [-0.2, 0) is 16.9 Å². The summed E-state index contributed by atoms with van der Waals surface area (Å²) in [5, 5.41) is 3.42. The van der Waals surface area contributed by atoms with E-state index in [0.717, 1.165) is 6.20 Å². The van der Waals surface area contributed by atoms with Crippen LogP contribution in [0.4, 0.5) is 4.39 Å². The minimum absolute atomic E-state index is 0.183. The molecule has 2 rings (SSSR count). The molecule has 0 bridgehead atoms. The van der Waals surface area contributed by atoms with Crippen LogP contribution in [0.25, 0.3) is 0 Å². The summed E-state index contributed by atoms with van der Waals surface area (Å²) in [5.74, 6) is 0. The fourth-order valence-electron chi connectivity index (χ4n) is 1.41. The molecule has 0 saturated heterocycles. The molecule has 0 aliphatic heterocycles. The van der Waals surface area contributed by atoms with E-state index in [-0.39, 0.29) is 15.7 Å². The molecule has 0 aliphatic rings. The van der Waals surface area contributed by atoms with Gasteiger partial charge in [-0.1, -0.05) is 17.7 Å². The summed E-state index contributed by atoms with van der Waals surface area (Å²) in [5.41, 5.74) is -2.45. The molecular weight excluding hydrogens is 281 g/mol. The second-order valence-electron chi connectivity index (χ2n) is 3.57. The zero-order chi connectivity index (χ0) is 13.3. The fraction of sp³-hybridized carbons (Fsp3) is 0.200. The molecule has 0 fully saturated rings. The lowest BCUT2D eigenvalue weighted by Crippen LogP contribution is -2.10. The van der Waals surface area contributed by atoms with Crippen LogP contribution < -0.4 is 0 Å². The maximum Gasteiger partial charge on any atom is 0.247 e. The van der Waals surface area contributed by atoms with Gasteiger partial charge in [-0.25, -0.2) is 12.8 Å². The monoisotopic (exact) mass is 289 g/mol. The smallest absolute Gasteiger partial charge is 0.247 e. The largest absolute Gasteiger partial charge is 0.273 e. The average Bonchev–Trinajstić information content (AvgIpc) is 2.69. The Morgan fingerprint density at radius 1 is 1.44 bits per heavy atom. The minimum Gasteiger partial charge on any atom is -0.273 e. The maximum atomic E-state index is 14.0. The van der Waals surface area contributed by atoms with E-state index in [1.54, 1.807) is 6.07 Å². The zero-order valence-corrected chi connectivity index (χ0v) is 10.9. The Hall–Kier alpha value is -1.47. The number of alkyl halides is 1. The third kappa shape index (κ3) is 2.23. The van der Waals surface area contributed by atoms with Gasteiger partial charge >= 0.3 is 0 Å². The van der Waals surface area contributed by atoms with Gasteiger partial charge < -0.3 is 0 Å². The average molecular weight is 290 g/mol. The van der Waals surface area contributed by atoms with Gasteiger partial charge in [-0.15, -0.1) is 0 Å². The van der Waals surface area contributed by atoms with E-state index in [1.165, 1.54) is 30.1 Å². The number of nitrogens with zero attached hydrogens (tertiary/aromatic N) is 3. The molecule has 0 aromatic carbocycles. The van der Waals surface area contributed by atoms with Gasteiger partial charge in [0.15, 0.2) is 5.15 Å². The number of pyridine rings is 1. The summed E-state index contributed by atoms with van der Waals surface area (Å²) >= 11 is 5.66. The summed E-state index contributed by atoms with van der Waals surface area (Å²) < 4.78 is 39.3. The molecule has 1 unspecified atom stereocenters. The van der Waals surface area contributed by atoms with Crippen molar-refractivity contribution in [2.45, 2.75) is 10.4 Å². The summed E-state index contributed by atoms with van der Waals surface area (Å²) in [4.78, 5) is 3.34. The first kappa shape index (κ1) is 13.0. The van der Waals surface area contributed by atoms with Crippen molar-refractivity contribution in [2.75, 3.05) is 0 Å². The normalized spacial score (nSPS) is 13.5. The molecule has 8 heteroatoms. The highest BCUT2D eigenvalue weighted by Gasteiger charge is 2.33. The minimum atomic E-state index is -4.25. The van der Waals surface area contributed by atoms with E-state index in [9.17, 15) is 12.8 Å². The Balaban J connectivity index is 2.47. The van der Waals surface area contributed by atoms with Gasteiger partial charge in [-0.2, -0.15) is 5.10 Å². The van der Waals surface area contributed by atoms with Gasteiger partial charge in [0.05, 0.1) is 5.69 Å². The quantitative estimate of drug-likeness (QED) is 0.866. The number of aryl methyl sites for hydroxylation is 1. The Morgan fingerprint density at radius 2 is 2.17 bits per heavy atom. The summed E-state index contributed by atoms with van der Waals surface area (Å²) in [6, 6.07) is 4.38. The van der Waals surface area contributed by atoms with Crippen molar-refractivity contribution in [1.29, 1.82) is 0 Å². The third-order valence-electron chi connectivity index (χ3n) is 2.25. The predicted molar refractivity (Wildman–Crippen MR) is 63.5 cm³/mol. The molecule has 0 radical (unpaired) electrons. The molecule has 0 aliphatic carbocycles. The molecule has 0 spiro atoms. The number of hydrogen-bond acceptors (Lipinski definition) is 4. The molecule has 2 heterocycles. The molecule has 18 heavy (non-hydrogen) atoms. The fourth-order valence-corrected chi connectivity index (χ4v) is 3.16. The molecule has 5 nitrogen and oxygen atoms in total. The van der Waals surface area contributed by atoms with Crippen LogP contribution in [0.15, 0.2) is 35.5 Å². The van der Waals surface area contributed by atoms with Gasteiger partial charge in [0, 0.05) is 19.4 Å². The van der Waals surface area contributed by atoms with Crippen LogP contribution in [-0.4, -0.2) is 23.2 Å². The first-order chi connectivity index (χ1) is 8.43. The second kappa shape index (κ2) is 4.66. The molecule has 1 atom stereocenters. The molecule has 2 aromatic rings. The van der Waals surface area contributed by atoms with E-state index in [1.807, 2.05) is 0 Å². The first-order valence-electron chi connectivity index (χ1n) is 4.91. The predicted octanol–water partition coefficient (Wildman–Crippen LogP) is 1.91. The van der Waals surface area contributed by atoms with Crippen LogP contribution in [0, 0.1) is 0 Å². The van der Waals surface area contributed by atoms with Crippen molar-refractivity contribution in [3.05, 3.63) is 41.4 Å². The SMILES string of the molecule is Cn1cc(S(=O)(=O)C(F)c2ccccn2)c(Cl)n1. The highest BCUT2D eigenvalue weighted by Crippen LogP contribution is 2.32. The van der Waals surface area contributed by atoms with Crippen molar-refractivity contribution in [3.63, 3.8) is 0 Å². The van der Waals surface area contributed by atoms with Crippen LogP contribution in [0.2, 0.25) is 5.15 Å². The lowest BCUT2D eigenvalue weighted by molar-refractivity contribution is 0.423. The van der Waals surface area contributed by atoms with Gasteiger partial charge in [0.2, 0.25) is 15.3 Å². The van der Waals surface area contributed by atoms with Crippen molar-refractivity contribution in [3.8, 4) is 0 Å². The van der Waals surface area contributed by atoms with Crippen molar-refractivity contribution < 1.29 is 12.8 Å². The number of halogens is 2. The van der Waals surface area contributed by atoms with Crippen molar-refractivity contribution in [2.24, 2.45) is 7.05 Å². The number of sulfone groups is 1. The summed E-state index contributed by atoms with van der Waals surface area (Å²) in [7, 11) is -2.75. The lowest BCUT2D eigenvalue weighted by atomic mass is 10.4. The molecule has 0 amide bonds. The van der Waals surface area contributed by atoms with Crippen LogP contribution >= 0.6 is 11.6 Å². The zero-order valence-electron chi connectivity index (χ0n) is 9.29. The van der Waals surface area contributed by atoms with Gasteiger partial charge in [-0.05, 0) is 12.1 Å². The van der Waals surface area contributed by atoms with E-state index >= 15 is 0 Å². The number of hydrogen-bond donors (Lipinski definition) is 0. The van der Waals surface area contributed by atoms with Crippen molar-refractivity contribution in [1.82, 2.24) is 14.8 Å². The van der Waals surface area contributed by atoms with Gasteiger partial charge in [0.25, 0.3) is 0 Å². The van der Waals surface area contributed by atoms with E-state index in [2.05, 4.69) is 10.1 Å². The highest BCUT2D eigenvalue weighted by atomic mass is 35.5. The van der Waals surface area contributed by atoms with E-state index < -0.39 is 15.3 Å². The van der Waals surface area contributed by atoms with Crippen LogP contribution in [0.3, 0.4) is 0 Å². The molecule has 0 N–H and O–H groups in total. The third-order valence-corrected chi connectivity index (χ3v) is 4.34. The van der Waals surface area contributed by atoms with Crippen LogP contribution in [0.5, 0.6) is 0 Å². The molecule has 96 valence electrons. The van der Waals surface area contributed by atoms with Crippen molar-refractivity contribution >= 4 is 21.4 Å². The van der Waals surface area contributed by atoms with Gasteiger partial charge in [-0.3, -0.25) is 9.67 Å². The maximum absolute atomic E-state index is 14.0. The Morgan fingerprint density at radius 3 is 2.67 bits per heavy atom.